The number of nitro groups is 1. The third-order valence-corrected chi connectivity index (χ3v) is 4.45. The molecule has 1 N–H and O–H groups in total. The van der Waals surface area contributed by atoms with Crippen LogP contribution in [0.25, 0.3) is 0 Å². The Labute approximate surface area is 140 Å². The number of hydrogen-bond acceptors (Lipinski definition) is 6. The topological polar surface area (TPSA) is 116 Å². The first-order valence-corrected chi connectivity index (χ1v) is 7.98. The third kappa shape index (κ3) is 3.88. The highest BCUT2D eigenvalue weighted by Crippen LogP contribution is 2.24. The molecule has 0 bridgehead atoms. The van der Waals surface area contributed by atoms with Crippen LogP contribution in [-0.4, -0.2) is 26.4 Å². The lowest BCUT2D eigenvalue weighted by Crippen LogP contribution is -2.15. The average molecular weight is 372 g/mol. The van der Waals surface area contributed by atoms with Crippen LogP contribution < -0.4 is 4.72 Å². The summed E-state index contributed by atoms with van der Waals surface area (Å²) in [6.07, 6.45) is 0. The lowest BCUT2D eigenvalue weighted by atomic mass is 10.2. The number of methoxy groups -OCH3 is 1. The number of halogens is 2. The Balaban J connectivity index is 2.36. The van der Waals surface area contributed by atoms with Crippen molar-refractivity contribution in [3.63, 3.8) is 0 Å². The molecule has 0 heterocycles. The number of anilines is 1. The van der Waals surface area contributed by atoms with Crippen LogP contribution in [0.2, 0.25) is 0 Å². The summed E-state index contributed by atoms with van der Waals surface area (Å²) in [4.78, 5) is 20.7. The minimum atomic E-state index is -4.33. The van der Waals surface area contributed by atoms with Gasteiger partial charge in [0, 0.05) is 18.2 Å². The number of ether oxygens (including phenoxy) is 1. The fourth-order valence-corrected chi connectivity index (χ4v) is 2.90. The van der Waals surface area contributed by atoms with E-state index in [4.69, 9.17) is 0 Å². The van der Waals surface area contributed by atoms with E-state index in [2.05, 4.69) is 4.74 Å². The largest absolute Gasteiger partial charge is 0.465 e. The van der Waals surface area contributed by atoms with Crippen molar-refractivity contribution in [2.75, 3.05) is 11.8 Å². The van der Waals surface area contributed by atoms with Crippen molar-refractivity contribution in [3.05, 3.63) is 63.7 Å². The molecular weight excluding hydrogens is 362 g/mol. The number of nitrogens with one attached hydrogen (secondary N) is 1. The quantitative estimate of drug-likeness (QED) is 0.490. The van der Waals surface area contributed by atoms with E-state index in [0.717, 1.165) is 31.4 Å². The van der Waals surface area contributed by atoms with Crippen LogP contribution in [0.1, 0.15) is 10.4 Å². The van der Waals surface area contributed by atoms with Crippen molar-refractivity contribution < 1.29 is 31.7 Å². The number of carbonyl (C=O) groups excluding carboxylic acids is 1. The zero-order valence-corrected chi connectivity index (χ0v) is 13.3. The Morgan fingerprint density at radius 2 is 1.76 bits per heavy atom. The SMILES string of the molecule is COC(=O)c1cc(F)c(NS(=O)(=O)c2ccc([N+](=O)[O-])cc2)cc1F. The normalized spacial score (nSPS) is 11.0. The molecule has 0 saturated carbocycles. The van der Waals surface area contributed by atoms with Gasteiger partial charge < -0.3 is 4.74 Å². The van der Waals surface area contributed by atoms with Gasteiger partial charge in [-0.05, 0) is 18.2 Å². The Bertz CT molecular complexity index is 945. The number of hydrogen-bond donors (Lipinski definition) is 1. The first-order chi connectivity index (χ1) is 11.7. The molecule has 25 heavy (non-hydrogen) atoms. The summed E-state index contributed by atoms with van der Waals surface area (Å²) in [5.74, 6) is -3.51. The van der Waals surface area contributed by atoms with E-state index < -0.39 is 48.7 Å². The summed E-state index contributed by atoms with van der Waals surface area (Å²) in [5.41, 5.74) is -1.76. The fraction of sp³-hybridized carbons (Fsp3) is 0.0714. The van der Waals surface area contributed by atoms with Gasteiger partial charge in [-0.25, -0.2) is 22.0 Å². The number of nitro benzene ring substituents is 1. The molecule has 0 atom stereocenters. The maximum atomic E-state index is 14.0. The van der Waals surface area contributed by atoms with E-state index in [9.17, 15) is 32.1 Å². The van der Waals surface area contributed by atoms with Gasteiger partial charge in [-0.1, -0.05) is 0 Å². The first-order valence-electron chi connectivity index (χ1n) is 6.50. The molecule has 2 aromatic rings. The number of nitrogens with zero attached hydrogens (tertiary/aromatic N) is 1. The minimum absolute atomic E-state index is 0.335. The zero-order valence-electron chi connectivity index (χ0n) is 12.5. The van der Waals surface area contributed by atoms with Crippen molar-refractivity contribution in [2.45, 2.75) is 4.90 Å². The van der Waals surface area contributed by atoms with Crippen molar-refractivity contribution >= 4 is 27.4 Å². The van der Waals surface area contributed by atoms with E-state index in [1.165, 1.54) is 0 Å². The Morgan fingerprint density at radius 1 is 1.16 bits per heavy atom. The van der Waals surface area contributed by atoms with Crippen molar-refractivity contribution in [1.82, 2.24) is 0 Å². The molecule has 0 saturated heterocycles. The van der Waals surface area contributed by atoms with Gasteiger partial charge in [0.15, 0.2) is 0 Å². The predicted molar refractivity (Wildman–Crippen MR) is 81.6 cm³/mol. The van der Waals surface area contributed by atoms with Crippen molar-refractivity contribution in [3.8, 4) is 0 Å². The van der Waals surface area contributed by atoms with Gasteiger partial charge in [-0.3, -0.25) is 14.8 Å². The first kappa shape index (κ1) is 18.3. The van der Waals surface area contributed by atoms with Crippen LogP contribution in [0.4, 0.5) is 20.2 Å². The summed E-state index contributed by atoms with van der Waals surface area (Å²) in [6.45, 7) is 0. The Hall–Kier alpha value is -3.08. The fourth-order valence-electron chi connectivity index (χ4n) is 1.84. The van der Waals surface area contributed by atoms with E-state index >= 15 is 0 Å². The molecule has 0 aliphatic rings. The van der Waals surface area contributed by atoms with Crippen LogP contribution >= 0.6 is 0 Å². The number of rotatable bonds is 5. The van der Waals surface area contributed by atoms with Gasteiger partial charge >= 0.3 is 5.97 Å². The number of esters is 1. The molecule has 0 radical (unpaired) electrons. The Morgan fingerprint density at radius 3 is 2.28 bits per heavy atom. The number of non-ortho nitro benzene ring substituents is 1. The van der Waals surface area contributed by atoms with E-state index in [-0.39, 0.29) is 5.69 Å². The highest BCUT2D eigenvalue weighted by atomic mass is 32.2. The second-order valence-corrected chi connectivity index (χ2v) is 6.34. The van der Waals surface area contributed by atoms with Crippen LogP contribution in [0.3, 0.4) is 0 Å². The molecule has 8 nitrogen and oxygen atoms in total. The lowest BCUT2D eigenvalue weighted by molar-refractivity contribution is -0.384. The lowest BCUT2D eigenvalue weighted by Gasteiger charge is -2.10. The number of benzene rings is 2. The van der Waals surface area contributed by atoms with Gasteiger partial charge in [-0.2, -0.15) is 0 Å². The highest BCUT2D eigenvalue weighted by molar-refractivity contribution is 7.92. The molecule has 0 aromatic heterocycles. The summed E-state index contributed by atoms with van der Waals surface area (Å²) < 4.78 is 58.2. The molecule has 2 rings (SSSR count). The molecule has 0 spiro atoms. The predicted octanol–water partition coefficient (Wildman–Crippen LogP) is 2.46. The van der Waals surface area contributed by atoms with Gasteiger partial charge in [-0.15, -0.1) is 0 Å². The minimum Gasteiger partial charge on any atom is -0.465 e. The summed E-state index contributed by atoms with van der Waals surface area (Å²) in [7, 11) is -3.35. The summed E-state index contributed by atoms with van der Waals surface area (Å²) in [6, 6.07) is 4.77. The van der Waals surface area contributed by atoms with Crippen LogP contribution in [0.5, 0.6) is 0 Å². The van der Waals surface area contributed by atoms with Crippen LogP contribution in [0, 0.1) is 21.7 Å². The highest BCUT2D eigenvalue weighted by Gasteiger charge is 2.21. The molecule has 0 amide bonds. The van der Waals surface area contributed by atoms with E-state index in [1.54, 1.807) is 0 Å². The molecule has 11 heteroatoms. The molecule has 2 aromatic carbocycles. The molecule has 0 aliphatic carbocycles. The standard InChI is InChI=1S/C14H10F2N2O6S/c1-24-14(19)10-6-12(16)13(7-11(10)15)17-25(22,23)9-4-2-8(3-5-9)18(20)21/h2-7,17H,1H3. The number of sulfonamides is 1. The summed E-state index contributed by atoms with van der Waals surface area (Å²) >= 11 is 0. The van der Waals surface area contributed by atoms with Crippen molar-refractivity contribution in [1.29, 1.82) is 0 Å². The van der Waals surface area contributed by atoms with Crippen molar-refractivity contribution in [2.24, 2.45) is 0 Å². The summed E-state index contributed by atoms with van der Waals surface area (Å²) in [5, 5.41) is 10.6. The Kier molecular flexibility index (Phi) is 4.97. The van der Waals surface area contributed by atoms with Crippen LogP contribution in [-0.2, 0) is 14.8 Å². The van der Waals surface area contributed by atoms with Gasteiger partial charge in [0.25, 0.3) is 15.7 Å². The van der Waals surface area contributed by atoms with Gasteiger partial charge in [0.05, 0.1) is 28.2 Å². The molecule has 0 aliphatic heterocycles. The monoisotopic (exact) mass is 372 g/mol. The third-order valence-electron chi connectivity index (χ3n) is 3.06. The second-order valence-electron chi connectivity index (χ2n) is 4.66. The second kappa shape index (κ2) is 6.81. The maximum absolute atomic E-state index is 14.0. The average Bonchev–Trinajstić information content (AvgIpc) is 2.57. The molecule has 132 valence electrons. The maximum Gasteiger partial charge on any atom is 0.340 e. The van der Waals surface area contributed by atoms with Gasteiger partial charge in [0.1, 0.15) is 11.6 Å². The van der Waals surface area contributed by atoms with Gasteiger partial charge in [0.2, 0.25) is 0 Å². The van der Waals surface area contributed by atoms with E-state index in [1.807, 2.05) is 4.72 Å². The number of carbonyl (C=O) groups is 1. The molecular formula is C14H10F2N2O6S. The molecule has 0 fully saturated rings. The van der Waals surface area contributed by atoms with E-state index in [0.29, 0.717) is 12.1 Å². The molecule has 0 unspecified atom stereocenters. The smallest absolute Gasteiger partial charge is 0.340 e. The van der Waals surface area contributed by atoms with Crippen LogP contribution in [0.15, 0.2) is 41.3 Å². The zero-order chi connectivity index (χ0) is 18.8.